The number of hydrogen-bond acceptors (Lipinski definition) is 7. The summed E-state index contributed by atoms with van der Waals surface area (Å²) in [5.74, 6) is -0.821. The third kappa shape index (κ3) is 3.67. The number of rotatable bonds is 5. The summed E-state index contributed by atoms with van der Waals surface area (Å²) in [7, 11) is 0. The molecule has 10 nitrogen and oxygen atoms in total. The molecular weight excluding hydrogens is 294 g/mol. The van der Waals surface area contributed by atoms with Crippen LogP contribution < -0.4 is 10.9 Å². The third-order valence-electron chi connectivity index (χ3n) is 2.55. The zero-order chi connectivity index (χ0) is 16.3. The van der Waals surface area contributed by atoms with Gasteiger partial charge in [0.05, 0.1) is 6.33 Å². The van der Waals surface area contributed by atoms with Crippen LogP contribution in [0.5, 0.6) is 0 Å². The Morgan fingerprint density at radius 3 is 2.82 bits per heavy atom. The average Bonchev–Trinajstić information content (AvgIpc) is 2.78. The molecule has 10 heteroatoms. The Morgan fingerprint density at radius 2 is 2.18 bits per heavy atom. The molecule has 118 valence electrons. The first kappa shape index (κ1) is 15.6. The molecule has 0 aliphatic rings. The molecule has 0 saturated heterocycles. The molecule has 0 aromatic carbocycles. The molecule has 1 atom stereocenters. The van der Waals surface area contributed by atoms with Gasteiger partial charge < -0.3 is 9.47 Å². The van der Waals surface area contributed by atoms with Gasteiger partial charge in [0, 0.05) is 13.8 Å². The molecule has 0 bridgehead atoms. The van der Waals surface area contributed by atoms with Crippen molar-refractivity contribution in [3.8, 4) is 0 Å². The zero-order valence-electron chi connectivity index (χ0n) is 12.2. The summed E-state index contributed by atoms with van der Waals surface area (Å²) in [6.45, 7) is 4.10. The Balaban J connectivity index is 2.23. The second kappa shape index (κ2) is 6.35. The number of amides is 1. The minimum absolute atomic E-state index is 0.0137. The smallest absolute Gasteiger partial charge is 0.304 e. The van der Waals surface area contributed by atoms with Gasteiger partial charge in [-0.2, -0.15) is 4.98 Å². The molecule has 0 radical (unpaired) electrons. The van der Waals surface area contributed by atoms with Gasteiger partial charge in [-0.05, 0) is 6.92 Å². The lowest BCUT2D eigenvalue weighted by molar-refractivity contribution is -0.178. The summed E-state index contributed by atoms with van der Waals surface area (Å²) in [5, 5.41) is 2.39. The molecule has 0 saturated carbocycles. The topological polar surface area (TPSA) is 128 Å². The lowest BCUT2D eigenvalue weighted by Crippen LogP contribution is -2.19. The van der Waals surface area contributed by atoms with Crippen molar-refractivity contribution in [2.24, 2.45) is 0 Å². The SMILES string of the molecule is CC(=O)Nc1nc2c(ncn2COC(C)OC(C)=O)c(=O)[nH]1. The minimum atomic E-state index is -0.758. The number of ether oxygens (including phenoxy) is 2. The molecule has 1 amide bonds. The van der Waals surface area contributed by atoms with Crippen molar-refractivity contribution in [1.29, 1.82) is 0 Å². The fourth-order valence-electron chi connectivity index (χ4n) is 1.73. The summed E-state index contributed by atoms with van der Waals surface area (Å²) >= 11 is 0. The van der Waals surface area contributed by atoms with E-state index in [4.69, 9.17) is 9.47 Å². The molecule has 0 aliphatic heterocycles. The first-order valence-electron chi connectivity index (χ1n) is 6.38. The number of aromatic nitrogens is 4. The van der Waals surface area contributed by atoms with Crippen LogP contribution >= 0.6 is 0 Å². The Morgan fingerprint density at radius 1 is 1.45 bits per heavy atom. The number of hydrogen-bond donors (Lipinski definition) is 2. The fourth-order valence-corrected chi connectivity index (χ4v) is 1.73. The monoisotopic (exact) mass is 309 g/mol. The molecule has 22 heavy (non-hydrogen) atoms. The third-order valence-corrected chi connectivity index (χ3v) is 2.55. The van der Waals surface area contributed by atoms with Crippen molar-refractivity contribution in [3.05, 3.63) is 16.7 Å². The molecule has 0 spiro atoms. The number of esters is 1. The van der Waals surface area contributed by atoms with Gasteiger partial charge in [-0.1, -0.05) is 0 Å². The predicted molar refractivity (Wildman–Crippen MR) is 74.8 cm³/mol. The lowest BCUT2D eigenvalue weighted by Gasteiger charge is -2.13. The highest BCUT2D eigenvalue weighted by Crippen LogP contribution is 2.09. The van der Waals surface area contributed by atoms with Crippen LogP contribution in [0, 0.1) is 0 Å². The Kier molecular flexibility index (Phi) is 4.51. The molecule has 2 aromatic heterocycles. The number of nitrogens with zero attached hydrogens (tertiary/aromatic N) is 3. The zero-order valence-corrected chi connectivity index (χ0v) is 12.2. The van der Waals surface area contributed by atoms with Gasteiger partial charge in [0.25, 0.3) is 5.56 Å². The van der Waals surface area contributed by atoms with Crippen molar-refractivity contribution in [3.63, 3.8) is 0 Å². The van der Waals surface area contributed by atoms with Crippen molar-refractivity contribution in [2.45, 2.75) is 33.8 Å². The number of fused-ring (bicyclic) bond motifs is 1. The van der Waals surface area contributed by atoms with Gasteiger partial charge in [0.2, 0.25) is 18.1 Å². The number of carbonyl (C=O) groups is 2. The summed E-state index contributed by atoms with van der Waals surface area (Å²) in [6.07, 6.45) is 0.608. The average molecular weight is 309 g/mol. The van der Waals surface area contributed by atoms with E-state index in [0.29, 0.717) is 0 Å². The first-order valence-corrected chi connectivity index (χ1v) is 6.38. The molecule has 1 unspecified atom stereocenters. The summed E-state index contributed by atoms with van der Waals surface area (Å²) in [4.78, 5) is 44.1. The minimum Gasteiger partial charge on any atom is -0.436 e. The van der Waals surface area contributed by atoms with Gasteiger partial charge >= 0.3 is 5.97 Å². The highest BCUT2D eigenvalue weighted by Gasteiger charge is 2.12. The molecule has 2 N–H and O–H groups in total. The second-order valence-corrected chi connectivity index (χ2v) is 4.46. The number of anilines is 1. The van der Waals surface area contributed by atoms with Crippen molar-refractivity contribution in [1.82, 2.24) is 19.5 Å². The van der Waals surface area contributed by atoms with E-state index >= 15 is 0 Å². The van der Waals surface area contributed by atoms with E-state index in [2.05, 4.69) is 20.3 Å². The number of aromatic amines is 1. The van der Waals surface area contributed by atoms with E-state index in [9.17, 15) is 14.4 Å². The summed E-state index contributed by atoms with van der Waals surface area (Å²) in [5.41, 5.74) is -0.138. The van der Waals surface area contributed by atoms with Gasteiger partial charge in [-0.25, -0.2) is 4.98 Å². The van der Waals surface area contributed by atoms with Crippen molar-refractivity contribution >= 4 is 29.0 Å². The number of nitrogens with one attached hydrogen (secondary N) is 2. The van der Waals surface area contributed by atoms with Crippen LogP contribution in [0.4, 0.5) is 5.95 Å². The van der Waals surface area contributed by atoms with E-state index in [0.717, 1.165) is 0 Å². The normalized spacial score (nSPS) is 12.1. The maximum atomic E-state index is 11.8. The van der Waals surface area contributed by atoms with Crippen LogP contribution in [0.25, 0.3) is 11.2 Å². The number of H-pyrrole nitrogens is 1. The molecule has 2 rings (SSSR count). The molecule has 2 aromatic rings. The highest BCUT2D eigenvalue weighted by atomic mass is 16.7. The van der Waals surface area contributed by atoms with Crippen molar-refractivity contribution < 1.29 is 19.1 Å². The van der Waals surface area contributed by atoms with Gasteiger partial charge in [-0.3, -0.25) is 29.3 Å². The van der Waals surface area contributed by atoms with Crippen molar-refractivity contribution in [2.75, 3.05) is 5.32 Å². The van der Waals surface area contributed by atoms with Gasteiger partial charge in [0.1, 0.15) is 6.73 Å². The molecule has 0 fully saturated rings. The van der Waals surface area contributed by atoms with Crippen LogP contribution in [0.1, 0.15) is 20.8 Å². The second-order valence-electron chi connectivity index (χ2n) is 4.46. The fraction of sp³-hybridized carbons (Fsp3) is 0.417. The lowest BCUT2D eigenvalue weighted by atomic mass is 10.5. The summed E-state index contributed by atoms with van der Waals surface area (Å²) in [6, 6.07) is 0. The maximum absolute atomic E-state index is 11.8. The molecule has 2 heterocycles. The molecule has 0 aliphatic carbocycles. The molecular formula is C12H15N5O5. The van der Waals surface area contributed by atoms with Gasteiger partial charge in [0.15, 0.2) is 11.2 Å². The van der Waals surface area contributed by atoms with Gasteiger partial charge in [-0.15, -0.1) is 0 Å². The van der Waals surface area contributed by atoms with E-state index < -0.39 is 17.8 Å². The highest BCUT2D eigenvalue weighted by molar-refractivity contribution is 5.87. The first-order chi connectivity index (χ1) is 10.4. The largest absolute Gasteiger partial charge is 0.436 e. The Hall–Kier alpha value is -2.75. The van der Waals surface area contributed by atoms with Crippen LogP contribution in [-0.4, -0.2) is 37.7 Å². The van der Waals surface area contributed by atoms with Crippen LogP contribution in [0.2, 0.25) is 0 Å². The van der Waals surface area contributed by atoms with Crippen LogP contribution in [0.15, 0.2) is 11.1 Å². The standard InChI is InChI=1S/C12H15N5O5/c1-6(18)14-12-15-10-9(11(20)16-12)13-4-17(10)5-21-8(3)22-7(2)19/h4,8H,5H2,1-3H3,(H2,14,15,16,18,20). The maximum Gasteiger partial charge on any atom is 0.304 e. The van der Waals surface area contributed by atoms with E-state index in [1.54, 1.807) is 6.92 Å². The Bertz CT molecular complexity index is 765. The van der Waals surface area contributed by atoms with E-state index in [-0.39, 0.29) is 29.8 Å². The quantitative estimate of drug-likeness (QED) is 0.585. The van der Waals surface area contributed by atoms with Crippen LogP contribution in [-0.2, 0) is 25.8 Å². The van der Waals surface area contributed by atoms with Crippen LogP contribution in [0.3, 0.4) is 0 Å². The summed E-state index contributed by atoms with van der Waals surface area (Å²) < 4.78 is 11.6. The number of imidazole rings is 1. The Labute approximate surface area is 124 Å². The van der Waals surface area contributed by atoms with E-state index in [1.807, 2.05) is 0 Å². The number of carbonyl (C=O) groups excluding carboxylic acids is 2. The predicted octanol–water partition coefficient (Wildman–Crippen LogP) is -0.0388. The van der Waals surface area contributed by atoms with E-state index in [1.165, 1.54) is 24.7 Å².